The lowest BCUT2D eigenvalue weighted by Crippen LogP contribution is -2.16. The first-order chi connectivity index (χ1) is 10.7. The summed E-state index contributed by atoms with van der Waals surface area (Å²) >= 11 is 0. The molecule has 1 aromatic carbocycles. The van der Waals surface area contributed by atoms with Gasteiger partial charge in [-0.1, -0.05) is 37.6 Å². The molecular formula is C17H21F2N3O. The number of nitrogens with two attached hydrogens (primary N) is 1. The third-order valence-corrected chi connectivity index (χ3v) is 3.92. The molecule has 6 heteroatoms. The zero-order valence-corrected chi connectivity index (χ0v) is 13.7. The first-order valence-electron chi connectivity index (χ1n) is 7.45. The van der Waals surface area contributed by atoms with Crippen LogP contribution in [-0.2, 0) is 13.5 Å². The van der Waals surface area contributed by atoms with Crippen LogP contribution in [0.3, 0.4) is 0 Å². The van der Waals surface area contributed by atoms with Crippen molar-refractivity contribution >= 4 is 5.91 Å². The van der Waals surface area contributed by atoms with E-state index in [4.69, 9.17) is 5.73 Å². The van der Waals surface area contributed by atoms with Gasteiger partial charge in [0.25, 0.3) is 12.3 Å². The van der Waals surface area contributed by atoms with Crippen molar-refractivity contribution in [1.29, 1.82) is 0 Å². The molecule has 23 heavy (non-hydrogen) atoms. The Kier molecular flexibility index (Phi) is 4.82. The Morgan fingerprint density at radius 1 is 1.35 bits per heavy atom. The highest BCUT2D eigenvalue weighted by atomic mass is 19.3. The minimum absolute atomic E-state index is 0.168. The number of hydrogen-bond acceptors (Lipinski definition) is 2. The highest BCUT2D eigenvalue weighted by molar-refractivity contribution is 5.95. The lowest BCUT2D eigenvalue weighted by molar-refractivity contribution is 0.0984. The number of carbonyl (C=O) groups is 1. The van der Waals surface area contributed by atoms with Gasteiger partial charge < -0.3 is 5.73 Å². The summed E-state index contributed by atoms with van der Waals surface area (Å²) in [6, 6.07) is 6.06. The number of carbonyl (C=O) groups excluding carboxylic acids is 1. The van der Waals surface area contributed by atoms with Gasteiger partial charge in [0.05, 0.1) is 11.3 Å². The fraction of sp³-hybridized carbons (Fsp3) is 0.412. The molecule has 2 aromatic rings. The molecule has 0 aliphatic heterocycles. The summed E-state index contributed by atoms with van der Waals surface area (Å²) in [7, 11) is 1.55. The third-order valence-electron chi connectivity index (χ3n) is 3.92. The van der Waals surface area contributed by atoms with Gasteiger partial charge in [0, 0.05) is 13.5 Å². The molecular weight excluding hydrogens is 300 g/mol. The molecule has 0 fully saturated rings. The zero-order valence-electron chi connectivity index (χ0n) is 13.7. The van der Waals surface area contributed by atoms with Gasteiger partial charge in [-0.3, -0.25) is 9.48 Å². The molecule has 0 atom stereocenters. The molecule has 1 heterocycles. The lowest BCUT2D eigenvalue weighted by atomic mass is 9.92. The van der Waals surface area contributed by atoms with Crippen molar-refractivity contribution < 1.29 is 13.6 Å². The molecule has 4 nitrogen and oxygen atoms in total. The molecule has 2 N–H and O–H groups in total. The quantitative estimate of drug-likeness (QED) is 0.916. The Morgan fingerprint density at radius 2 is 2.00 bits per heavy atom. The Morgan fingerprint density at radius 3 is 2.52 bits per heavy atom. The highest BCUT2D eigenvalue weighted by Crippen LogP contribution is 2.28. The second-order valence-corrected chi connectivity index (χ2v) is 6.03. The van der Waals surface area contributed by atoms with Gasteiger partial charge in [-0.15, -0.1) is 0 Å². The van der Waals surface area contributed by atoms with Crippen molar-refractivity contribution in [2.24, 2.45) is 12.8 Å². The summed E-state index contributed by atoms with van der Waals surface area (Å²) in [5, 5.41) is 3.79. The summed E-state index contributed by atoms with van der Waals surface area (Å²) in [6.45, 7) is 6.10. The van der Waals surface area contributed by atoms with Crippen molar-refractivity contribution in [2.45, 2.75) is 39.5 Å². The normalized spacial score (nSPS) is 11.5. The van der Waals surface area contributed by atoms with E-state index in [0.29, 0.717) is 12.1 Å². The monoisotopic (exact) mass is 321 g/mol. The molecule has 2 rings (SSSR count). The van der Waals surface area contributed by atoms with Gasteiger partial charge in [0.15, 0.2) is 0 Å². The van der Waals surface area contributed by atoms with E-state index in [0.717, 1.165) is 16.7 Å². The van der Waals surface area contributed by atoms with Crippen LogP contribution in [0.1, 0.15) is 64.6 Å². The van der Waals surface area contributed by atoms with E-state index in [1.165, 1.54) is 4.68 Å². The highest BCUT2D eigenvalue weighted by Gasteiger charge is 2.27. The topological polar surface area (TPSA) is 60.9 Å². The van der Waals surface area contributed by atoms with Crippen molar-refractivity contribution in [3.63, 3.8) is 0 Å². The van der Waals surface area contributed by atoms with Gasteiger partial charge in [-0.2, -0.15) is 5.10 Å². The summed E-state index contributed by atoms with van der Waals surface area (Å²) in [5.41, 5.74) is 8.20. The second kappa shape index (κ2) is 6.48. The summed E-state index contributed by atoms with van der Waals surface area (Å²) < 4.78 is 27.5. The summed E-state index contributed by atoms with van der Waals surface area (Å²) in [4.78, 5) is 11.7. The maximum absolute atomic E-state index is 13.1. The van der Waals surface area contributed by atoms with Gasteiger partial charge in [0.1, 0.15) is 5.69 Å². The fourth-order valence-electron chi connectivity index (χ4n) is 2.84. The van der Waals surface area contributed by atoms with Crippen LogP contribution in [0.5, 0.6) is 0 Å². The van der Waals surface area contributed by atoms with Crippen LogP contribution < -0.4 is 5.73 Å². The fourth-order valence-corrected chi connectivity index (χ4v) is 2.84. The standard InChI is InChI=1S/C17H21F2N3O/c1-9(2)12-6-5-10(3)7-11(12)8-13-14(17(20)23)15(16(18)19)21-22(13)4/h5-7,9,16H,8H2,1-4H3,(H2,20,23). The van der Waals surface area contributed by atoms with Crippen LogP contribution in [0.15, 0.2) is 18.2 Å². The minimum atomic E-state index is -2.83. The molecule has 0 aliphatic rings. The molecule has 0 unspecified atom stereocenters. The van der Waals surface area contributed by atoms with E-state index < -0.39 is 18.0 Å². The number of benzene rings is 1. The van der Waals surface area contributed by atoms with Crippen LogP contribution in [0.4, 0.5) is 8.78 Å². The number of aromatic nitrogens is 2. The molecule has 0 spiro atoms. The van der Waals surface area contributed by atoms with Crippen LogP contribution >= 0.6 is 0 Å². The van der Waals surface area contributed by atoms with Gasteiger partial charge >= 0.3 is 0 Å². The summed E-state index contributed by atoms with van der Waals surface area (Å²) in [6.07, 6.45) is -2.50. The van der Waals surface area contributed by atoms with E-state index in [9.17, 15) is 13.6 Å². The second-order valence-electron chi connectivity index (χ2n) is 6.03. The molecule has 1 aromatic heterocycles. The number of halogens is 2. The summed E-state index contributed by atoms with van der Waals surface area (Å²) in [5.74, 6) is -0.590. The minimum Gasteiger partial charge on any atom is -0.365 e. The molecule has 0 aliphatic carbocycles. The maximum atomic E-state index is 13.1. The van der Waals surface area contributed by atoms with Crippen LogP contribution in [0.25, 0.3) is 0 Å². The molecule has 0 bridgehead atoms. The predicted octanol–water partition coefficient (Wildman–Crippen LogP) is 3.48. The first kappa shape index (κ1) is 17.1. The lowest BCUT2D eigenvalue weighted by Gasteiger charge is -2.14. The number of hydrogen-bond donors (Lipinski definition) is 1. The molecule has 0 saturated heterocycles. The van der Waals surface area contributed by atoms with E-state index >= 15 is 0 Å². The Bertz CT molecular complexity index is 736. The van der Waals surface area contributed by atoms with Gasteiger partial charge in [-0.05, 0) is 24.0 Å². The Hall–Kier alpha value is -2.24. The van der Waals surface area contributed by atoms with E-state index in [2.05, 4.69) is 18.9 Å². The SMILES string of the molecule is Cc1ccc(C(C)C)c(Cc2c(C(N)=O)c(C(F)F)nn2C)c1. The van der Waals surface area contributed by atoms with Crippen LogP contribution in [0.2, 0.25) is 0 Å². The smallest absolute Gasteiger partial charge is 0.282 e. The van der Waals surface area contributed by atoms with Gasteiger partial charge in [0.2, 0.25) is 0 Å². The molecule has 0 radical (unpaired) electrons. The Balaban J connectivity index is 2.57. The van der Waals surface area contributed by atoms with Crippen molar-refractivity contribution in [1.82, 2.24) is 9.78 Å². The average molecular weight is 321 g/mol. The third kappa shape index (κ3) is 3.41. The van der Waals surface area contributed by atoms with Crippen LogP contribution in [0, 0.1) is 6.92 Å². The molecule has 124 valence electrons. The molecule has 1 amide bonds. The number of aryl methyl sites for hydroxylation is 2. The van der Waals surface area contributed by atoms with E-state index in [-0.39, 0.29) is 11.5 Å². The van der Waals surface area contributed by atoms with Gasteiger partial charge in [-0.25, -0.2) is 8.78 Å². The zero-order chi connectivity index (χ0) is 17.3. The van der Waals surface area contributed by atoms with E-state index in [1.807, 2.05) is 25.1 Å². The van der Waals surface area contributed by atoms with Crippen molar-refractivity contribution in [3.05, 3.63) is 51.8 Å². The largest absolute Gasteiger partial charge is 0.365 e. The number of nitrogens with zero attached hydrogens (tertiary/aromatic N) is 2. The average Bonchev–Trinajstić information content (AvgIpc) is 2.76. The number of rotatable bonds is 5. The van der Waals surface area contributed by atoms with Crippen molar-refractivity contribution in [3.8, 4) is 0 Å². The number of alkyl halides is 2. The maximum Gasteiger partial charge on any atom is 0.282 e. The van der Waals surface area contributed by atoms with Crippen molar-refractivity contribution in [2.75, 3.05) is 0 Å². The Labute approximate surface area is 134 Å². The first-order valence-corrected chi connectivity index (χ1v) is 7.45. The molecule has 0 saturated carbocycles. The predicted molar refractivity (Wildman–Crippen MR) is 84.8 cm³/mol. The van der Waals surface area contributed by atoms with Crippen LogP contribution in [-0.4, -0.2) is 15.7 Å². The van der Waals surface area contributed by atoms with E-state index in [1.54, 1.807) is 7.05 Å². The number of amides is 1. The number of primary amides is 1.